The van der Waals surface area contributed by atoms with Crippen molar-refractivity contribution in [2.24, 2.45) is 5.92 Å². The summed E-state index contributed by atoms with van der Waals surface area (Å²) in [4.78, 5) is 58.2. The maximum absolute atomic E-state index is 16.4. The molecule has 0 aliphatic carbocycles. The third kappa shape index (κ3) is 7.06. The highest BCUT2D eigenvalue weighted by atomic mass is 28.4. The van der Waals surface area contributed by atoms with Crippen LogP contribution in [-0.2, 0) is 40.8 Å². The number of esters is 1. The highest BCUT2D eigenvalue weighted by Gasteiger charge is 2.67. The molecule has 2 aromatic carbocycles. The molecule has 12 heteroatoms. The molecule has 10 nitrogen and oxygen atoms in total. The van der Waals surface area contributed by atoms with Gasteiger partial charge in [0.1, 0.15) is 0 Å². The second-order valence-electron chi connectivity index (χ2n) is 13.7. The van der Waals surface area contributed by atoms with Gasteiger partial charge in [0.25, 0.3) is 5.91 Å². The number of carbonyl (C=O) groups is 4. The van der Waals surface area contributed by atoms with E-state index in [4.69, 9.17) is 9.47 Å². The van der Waals surface area contributed by atoms with Crippen LogP contribution in [0.1, 0.15) is 63.0 Å². The number of hydrogen-bond donors (Lipinski definition) is 1. The molecule has 3 aliphatic heterocycles. The lowest BCUT2D eigenvalue weighted by molar-refractivity contribution is -0.149. The van der Waals surface area contributed by atoms with Gasteiger partial charge in [0.2, 0.25) is 20.2 Å². The van der Waals surface area contributed by atoms with Crippen LogP contribution >= 0.6 is 0 Å². The summed E-state index contributed by atoms with van der Waals surface area (Å²) in [5.41, 5.74) is 0.534. The second-order valence-corrected chi connectivity index (χ2v) is 17.5. The average Bonchev–Trinajstić information content (AvgIpc) is 3.49. The molecule has 3 heterocycles. The number of rotatable bonds is 13. The van der Waals surface area contributed by atoms with Gasteiger partial charge in [-0.15, -0.1) is 0 Å². The van der Waals surface area contributed by atoms with Crippen molar-refractivity contribution in [1.82, 2.24) is 4.90 Å². The summed E-state index contributed by atoms with van der Waals surface area (Å²) in [5.74, 6) is -1.53. The molecule has 0 aromatic heterocycles. The maximum atomic E-state index is 16.4. The van der Waals surface area contributed by atoms with Crippen LogP contribution in [0.4, 0.5) is 15.5 Å². The van der Waals surface area contributed by atoms with E-state index in [1.807, 2.05) is 55.5 Å². The number of aliphatic hydroxyl groups is 1. The molecule has 1 spiro atoms. The minimum Gasteiger partial charge on any atom is -0.469 e. The third-order valence-corrected chi connectivity index (χ3v) is 12.6. The summed E-state index contributed by atoms with van der Waals surface area (Å²) in [6.45, 7) is 6.08. The van der Waals surface area contributed by atoms with E-state index in [9.17, 15) is 24.3 Å². The van der Waals surface area contributed by atoms with Crippen molar-refractivity contribution in [2.75, 3.05) is 43.2 Å². The second kappa shape index (κ2) is 14.9. The van der Waals surface area contributed by atoms with Gasteiger partial charge in [-0.2, -0.15) is 0 Å². The number of halogens is 1. The van der Waals surface area contributed by atoms with E-state index in [2.05, 4.69) is 0 Å². The fourth-order valence-electron chi connectivity index (χ4n) is 7.86. The van der Waals surface area contributed by atoms with Crippen LogP contribution in [0.25, 0.3) is 0 Å². The Labute approximate surface area is 283 Å². The van der Waals surface area contributed by atoms with E-state index in [1.165, 1.54) is 7.11 Å². The van der Waals surface area contributed by atoms with E-state index in [0.29, 0.717) is 49.3 Å². The number of unbranched alkanes of at least 4 members (excludes halogenated alkanes) is 1. The van der Waals surface area contributed by atoms with Crippen LogP contribution in [0.5, 0.6) is 0 Å². The quantitative estimate of drug-likeness (QED) is 0.136. The summed E-state index contributed by atoms with van der Waals surface area (Å²) >= 11 is 0. The van der Waals surface area contributed by atoms with Crippen LogP contribution in [0.3, 0.4) is 0 Å². The number of piperidine rings is 1. The van der Waals surface area contributed by atoms with E-state index >= 15 is 4.11 Å². The molecule has 0 saturated carbocycles. The number of anilines is 2. The smallest absolute Gasteiger partial charge is 0.305 e. The van der Waals surface area contributed by atoms with E-state index < -0.39 is 31.6 Å². The van der Waals surface area contributed by atoms with E-state index in [0.717, 1.165) is 18.4 Å². The average molecular weight is 682 g/mol. The molecule has 2 fully saturated rings. The Kier molecular flexibility index (Phi) is 11.1. The third-order valence-electron chi connectivity index (χ3n) is 10.1. The van der Waals surface area contributed by atoms with Crippen LogP contribution < -0.4 is 9.80 Å². The van der Waals surface area contributed by atoms with Crippen molar-refractivity contribution in [3.8, 4) is 0 Å². The topological polar surface area (TPSA) is 117 Å². The number of amides is 3. The first-order valence-electron chi connectivity index (χ1n) is 17.0. The molecule has 3 aliphatic rings. The SMILES string of the molecule is COC(=O)CCCCN1C(=O)[C@@]2(O[C@@H](CC(=O)N(CCO)Cc3ccccc3)[C@H]([Si](C)(C)F)[C@H]2C)c2cc(N3CCCCC3=O)ccc21. The first-order chi connectivity index (χ1) is 22.9. The van der Waals surface area contributed by atoms with Gasteiger partial charge in [-0.05, 0) is 62.5 Å². The van der Waals surface area contributed by atoms with Crippen molar-refractivity contribution in [1.29, 1.82) is 0 Å². The van der Waals surface area contributed by atoms with Gasteiger partial charge >= 0.3 is 5.97 Å². The first-order valence-corrected chi connectivity index (χ1v) is 20.0. The fraction of sp³-hybridized carbons (Fsp3) is 0.556. The zero-order chi connectivity index (χ0) is 34.6. The van der Waals surface area contributed by atoms with Crippen LogP contribution in [0.15, 0.2) is 48.5 Å². The summed E-state index contributed by atoms with van der Waals surface area (Å²) in [7, 11) is -2.21. The number of methoxy groups -OCH3 is 1. The molecule has 3 amide bonds. The zero-order valence-corrected chi connectivity index (χ0v) is 29.5. The van der Waals surface area contributed by atoms with Gasteiger partial charge < -0.3 is 33.4 Å². The minimum atomic E-state index is -3.55. The summed E-state index contributed by atoms with van der Waals surface area (Å²) in [5, 5.41) is 9.79. The number of benzene rings is 2. The van der Waals surface area contributed by atoms with E-state index in [-0.39, 0.29) is 56.2 Å². The zero-order valence-electron chi connectivity index (χ0n) is 28.5. The van der Waals surface area contributed by atoms with Crippen molar-refractivity contribution in [2.45, 2.75) is 88.8 Å². The Bertz CT molecular complexity index is 1500. The van der Waals surface area contributed by atoms with Gasteiger partial charge in [-0.3, -0.25) is 19.2 Å². The standard InChI is InChI=1S/C36H48FN3O7Si/c1-25-34(48(3,4)37)30(23-32(43)38(20-21-41)24-26-12-6-5-7-13-26)47-36(25)28-22-27(39-18-10-8-14-31(39)42)16-17-29(28)40(35(36)45)19-11-9-15-33(44)46-2/h5-7,12-13,16-17,22,25,30,34,41H,8-11,14-15,18-21,23-24H2,1-4H3/t25-,30+,34-,36+/m1/s1. The monoisotopic (exact) mass is 681 g/mol. The summed E-state index contributed by atoms with van der Waals surface area (Å²) < 4.78 is 28.0. The molecule has 1 N–H and O–H groups in total. The van der Waals surface area contributed by atoms with Gasteiger partial charge in [-0.1, -0.05) is 37.3 Å². The van der Waals surface area contributed by atoms with Gasteiger partial charge in [0.05, 0.1) is 31.9 Å². The predicted octanol–water partition coefficient (Wildman–Crippen LogP) is 5.08. The Morgan fingerprint density at radius 2 is 1.88 bits per heavy atom. The Morgan fingerprint density at radius 3 is 2.54 bits per heavy atom. The first kappa shape index (κ1) is 35.7. The molecule has 5 rings (SSSR count). The summed E-state index contributed by atoms with van der Waals surface area (Å²) in [6, 6.07) is 15.0. The molecule has 48 heavy (non-hydrogen) atoms. The molecule has 0 unspecified atom stereocenters. The summed E-state index contributed by atoms with van der Waals surface area (Å²) in [6.07, 6.45) is 2.38. The lowest BCUT2D eigenvalue weighted by Crippen LogP contribution is -2.45. The molecule has 260 valence electrons. The largest absolute Gasteiger partial charge is 0.469 e. The fourth-order valence-corrected chi connectivity index (χ4v) is 10.4. The van der Waals surface area contributed by atoms with Crippen LogP contribution in [-0.4, -0.2) is 81.6 Å². The molecule has 0 radical (unpaired) electrons. The van der Waals surface area contributed by atoms with Gasteiger partial charge in [0.15, 0.2) is 5.60 Å². The normalized spacial score (nSPS) is 23.9. The van der Waals surface area contributed by atoms with Gasteiger partial charge in [0, 0.05) is 61.7 Å². The van der Waals surface area contributed by atoms with Crippen LogP contribution in [0.2, 0.25) is 18.6 Å². The molecule has 0 bridgehead atoms. The van der Waals surface area contributed by atoms with Gasteiger partial charge in [-0.25, -0.2) is 0 Å². The number of carbonyl (C=O) groups excluding carboxylic acids is 4. The molecule has 4 atom stereocenters. The van der Waals surface area contributed by atoms with Crippen LogP contribution in [0, 0.1) is 5.92 Å². The highest BCUT2D eigenvalue weighted by molar-refractivity contribution is 6.72. The number of nitrogens with zero attached hydrogens (tertiary/aromatic N) is 3. The number of ether oxygens (including phenoxy) is 2. The number of aliphatic hydroxyl groups excluding tert-OH is 1. The van der Waals surface area contributed by atoms with Crippen molar-refractivity contribution >= 4 is 43.5 Å². The lowest BCUT2D eigenvalue weighted by Gasteiger charge is -2.32. The number of hydrogen-bond acceptors (Lipinski definition) is 7. The van der Waals surface area contributed by atoms with Crippen molar-refractivity contribution < 1.29 is 37.9 Å². The Hall–Kier alpha value is -3.61. The molecular weight excluding hydrogens is 633 g/mol. The highest BCUT2D eigenvalue weighted by Crippen LogP contribution is 2.60. The minimum absolute atomic E-state index is 0.0145. The van der Waals surface area contributed by atoms with E-state index in [1.54, 1.807) is 27.8 Å². The maximum Gasteiger partial charge on any atom is 0.305 e. The van der Waals surface area contributed by atoms with Crippen molar-refractivity contribution in [3.05, 3.63) is 59.7 Å². The Balaban J connectivity index is 1.51. The lowest BCUT2D eigenvalue weighted by atomic mass is 9.82. The molecule has 2 saturated heterocycles. The molecular formula is C36H48FN3O7Si. The predicted molar refractivity (Wildman–Crippen MR) is 182 cm³/mol. The molecule has 2 aromatic rings. The Morgan fingerprint density at radius 1 is 1.12 bits per heavy atom. The number of fused-ring (bicyclic) bond motifs is 2. The van der Waals surface area contributed by atoms with Crippen molar-refractivity contribution in [3.63, 3.8) is 0 Å².